The summed E-state index contributed by atoms with van der Waals surface area (Å²) in [5.41, 5.74) is 4.17. The fraction of sp³-hybridized carbons (Fsp3) is 0.600. The van der Waals surface area contributed by atoms with E-state index in [2.05, 4.69) is 64.9 Å². The Hall–Kier alpha value is -0.540. The van der Waals surface area contributed by atoms with Gasteiger partial charge in [0.05, 0.1) is 0 Å². The monoisotopic (exact) mass is 310 g/mol. The first-order valence-electron chi connectivity index (χ1n) is 6.68. The van der Waals surface area contributed by atoms with Gasteiger partial charge < -0.3 is 9.80 Å². The zero-order chi connectivity index (χ0) is 13.1. The molecule has 0 saturated carbocycles. The van der Waals surface area contributed by atoms with Crippen molar-refractivity contribution >= 4 is 21.6 Å². The van der Waals surface area contributed by atoms with Crippen LogP contribution in [-0.2, 0) is 5.33 Å². The minimum absolute atomic E-state index is 0.675. The van der Waals surface area contributed by atoms with E-state index in [1.165, 1.54) is 36.2 Å². The van der Waals surface area contributed by atoms with Gasteiger partial charge in [0.2, 0.25) is 0 Å². The average Bonchev–Trinajstić information content (AvgIpc) is 2.76. The molecule has 1 aliphatic heterocycles. The van der Waals surface area contributed by atoms with Crippen LogP contribution in [0.4, 0.5) is 5.69 Å². The molecule has 0 aliphatic carbocycles. The minimum Gasteiger partial charge on any atom is -0.367 e. The summed E-state index contributed by atoms with van der Waals surface area (Å²) < 4.78 is 0. The van der Waals surface area contributed by atoms with Crippen molar-refractivity contribution in [2.75, 3.05) is 32.1 Å². The summed E-state index contributed by atoms with van der Waals surface area (Å²) in [6.45, 7) is 4.56. The number of hydrogen-bond donors (Lipinski definition) is 0. The van der Waals surface area contributed by atoms with E-state index < -0.39 is 0 Å². The molecule has 0 N–H and O–H groups in total. The average molecular weight is 311 g/mol. The first-order valence-corrected chi connectivity index (χ1v) is 7.81. The maximum absolute atomic E-state index is 3.54. The molecule has 1 unspecified atom stereocenters. The molecule has 0 amide bonds. The Kier molecular flexibility index (Phi) is 4.68. The molecule has 1 fully saturated rings. The van der Waals surface area contributed by atoms with Crippen LogP contribution >= 0.6 is 15.9 Å². The normalized spacial score (nSPS) is 19.8. The lowest BCUT2D eigenvalue weighted by atomic mass is 10.1. The molecule has 2 nitrogen and oxygen atoms in total. The van der Waals surface area contributed by atoms with Gasteiger partial charge in [-0.15, -0.1) is 0 Å². The highest BCUT2D eigenvalue weighted by Gasteiger charge is 2.25. The van der Waals surface area contributed by atoms with Gasteiger partial charge in [-0.1, -0.05) is 22.0 Å². The molecule has 3 heteroatoms. The van der Waals surface area contributed by atoms with Crippen molar-refractivity contribution in [2.45, 2.75) is 31.1 Å². The number of rotatable bonds is 4. The third-order valence-electron chi connectivity index (χ3n) is 3.75. The van der Waals surface area contributed by atoms with Crippen molar-refractivity contribution in [1.29, 1.82) is 0 Å². The highest BCUT2D eigenvalue weighted by atomic mass is 79.9. The number of halogens is 1. The Morgan fingerprint density at radius 1 is 1.39 bits per heavy atom. The zero-order valence-corrected chi connectivity index (χ0v) is 13.2. The van der Waals surface area contributed by atoms with Crippen LogP contribution in [0.5, 0.6) is 0 Å². The largest absolute Gasteiger partial charge is 0.367 e. The molecule has 0 spiro atoms. The first kappa shape index (κ1) is 13.9. The fourth-order valence-corrected chi connectivity index (χ4v) is 3.42. The summed E-state index contributed by atoms with van der Waals surface area (Å²) in [4.78, 5) is 4.87. The van der Waals surface area contributed by atoms with Crippen LogP contribution in [0.3, 0.4) is 0 Å². The van der Waals surface area contributed by atoms with E-state index in [0.717, 1.165) is 11.9 Å². The number of benzene rings is 1. The molecular formula is C15H23BrN2. The van der Waals surface area contributed by atoms with Crippen molar-refractivity contribution in [1.82, 2.24) is 4.90 Å². The van der Waals surface area contributed by atoms with Gasteiger partial charge in [0.15, 0.2) is 0 Å². The summed E-state index contributed by atoms with van der Waals surface area (Å²) in [6.07, 6.45) is 2.63. The van der Waals surface area contributed by atoms with E-state index in [1.54, 1.807) is 0 Å². The van der Waals surface area contributed by atoms with E-state index >= 15 is 0 Å². The third kappa shape index (κ3) is 3.07. The summed E-state index contributed by atoms with van der Waals surface area (Å²) in [5, 5.41) is 0.945. The zero-order valence-electron chi connectivity index (χ0n) is 11.6. The van der Waals surface area contributed by atoms with Crippen LogP contribution < -0.4 is 4.90 Å². The maximum Gasteiger partial charge on any atom is 0.0417 e. The van der Waals surface area contributed by atoms with Crippen molar-refractivity contribution in [3.63, 3.8) is 0 Å². The van der Waals surface area contributed by atoms with Gasteiger partial charge in [0, 0.05) is 30.1 Å². The second-order valence-corrected chi connectivity index (χ2v) is 6.06. The number of hydrogen-bond acceptors (Lipinski definition) is 2. The van der Waals surface area contributed by atoms with Gasteiger partial charge in [0.1, 0.15) is 0 Å². The predicted molar refractivity (Wildman–Crippen MR) is 82.7 cm³/mol. The number of nitrogens with zero attached hydrogens (tertiary/aromatic N) is 2. The van der Waals surface area contributed by atoms with Crippen molar-refractivity contribution in [2.24, 2.45) is 0 Å². The smallest absolute Gasteiger partial charge is 0.0417 e. The van der Waals surface area contributed by atoms with Crippen LogP contribution in [0.15, 0.2) is 18.2 Å². The van der Waals surface area contributed by atoms with E-state index in [4.69, 9.17) is 0 Å². The van der Waals surface area contributed by atoms with Gasteiger partial charge in [0.25, 0.3) is 0 Å². The number of alkyl halides is 1. The number of likely N-dealkylation sites (N-methyl/N-ethyl adjacent to an activating group) is 1. The van der Waals surface area contributed by atoms with Crippen LogP contribution in [0, 0.1) is 6.92 Å². The topological polar surface area (TPSA) is 6.48 Å². The van der Waals surface area contributed by atoms with Crippen LogP contribution in [0.1, 0.15) is 24.0 Å². The molecule has 2 rings (SSSR count). The Balaban J connectivity index is 2.17. The van der Waals surface area contributed by atoms with E-state index in [0.29, 0.717) is 6.04 Å². The van der Waals surface area contributed by atoms with E-state index in [1.807, 2.05) is 0 Å². The highest BCUT2D eigenvalue weighted by molar-refractivity contribution is 9.08. The first-order chi connectivity index (χ1) is 8.61. The lowest BCUT2D eigenvalue weighted by Crippen LogP contribution is -2.37. The van der Waals surface area contributed by atoms with Crippen molar-refractivity contribution in [3.05, 3.63) is 29.3 Å². The molecule has 1 atom stereocenters. The van der Waals surface area contributed by atoms with Crippen LogP contribution in [0.2, 0.25) is 0 Å². The molecule has 0 bridgehead atoms. The molecule has 1 heterocycles. The van der Waals surface area contributed by atoms with Gasteiger partial charge in [-0.3, -0.25) is 0 Å². The Morgan fingerprint density at radius 3 is 2.78 bits per heavy atom. The van der Waals surface area contributed by atoms with Crippen molar-refractivity contribution < 1.29 is 0 Å². The molecule has 0 radical (unpaired) electrons. The summed E-state index contributed by atoms with van der Waals surface area (Å²) in [5.74, 6) is 0. The minimum atomic E-state index is 0.675. The van der Waals surface area contributed by atoms with Crippen LogP contribution in [0.25, 0.3) is 0 Å². The van der Waals surface area contributed by atoms with Crippen molar-refractivity contribution in [3.8, 4) is 0 Å². The summed E-state index contributed by atoms with van der Waals surface area (Å²) in [7, 11) is 4.32. The molecule has 1 aliphatic rings. The Morgan fingerprint density at radius 2 is 2.17 bits per heavy atom. The molecule has 100 valence electrons. The predicted octanol–water partition coefficient (Wildman–Crippen LogP) is 3.42. The molecule has 1 aromatic carbocycles. The number of anilines is 1. The Labute approximate surface area is 119 Å². The second-order valence-electron chi connectivity index (χ2n) is 5.50. The summed E-state index contributed by atoms with van der Waals surface area (Å²) in [6, 6.07) is 7.54. The molecule has 1 aromatic rings. The SMILES string of the molecule is Cc1cc(N2CCCC2CN(C)C)ccc1CBr. The lowest BCUT2D eigenvalue weighted by molar-refractivity contribution is 0.372. The standard InChI is InChI=1S/C15H23BrN2/c1-12-9-14(7-6-13(12)10-16)18-8-4-5-15(18)11-17(2)3/h6-7,9,15H,4-5,8,10-11H2,1-3H3. The number of aryl methyl sites for hydroxylation is 1. The van der Waals surface area contributed by atoms with Gasteiger partial charge in [-0.05, 0) is 57.1 Å². The van der Waals surface area contributed by atoms with Gasteiger partial charge in [-0.25, -0.2) is 0 Å². The molecule has 18 heavy (non-hydrogen) atoms. The van der Waals surface area contributed by atoms with E-state index in [9.17, 15) is 0 Å². The maximum atomic E-state index is 3.54. The highest BCUT2D eigenvalue weighted by Crippen LogP contribution is 2.28. The lowest BCUT2D eigenvalue weighted by Gasteiger charge is -2.29. The Bertz CT molecular complexity index is 403. The summed E-state index contributed by atoms with van der Waals surface area (Å²) >= 11 is 3.54. The van der Waals surface area contributed by atoms with Gasteiger partial charge in [-0.2, -0.15) is 0 Å². The van der Waals surface area contributed by atoms with Crippen LogP contribution in [-0.4, -0.2) is 38.1 Å². The van der Waals surface area contributed by atoms with E-state index in [-0.39, 0.29) is 0 Å². The second kappa shape index (κ2) is 6.07. The fourth-order valence-electron chi connectivity index (χ4n) is 2.80. The molecular weight excluding hydrogens is 288 g/mol. The van der Waals surface area contributed by atoms with Gasteiger partial charge >= 0.3 is 0 Å². The molecule has 1 saturated heterocycles. The third-order valence-corrected chi connectivity index (χ3v) is 4.36. The molecule has 0 aromatic heterocycles. The quantitative estimate of drug-likeness (QED) is 0.786.